The minimum atomic E-state index is -2.08. The number of allylic oxidation sites excluding steroid dienone is 2. The number of carbonyl (C=O) groups is 2. The number of esters is 1. The third-order valence-corrected chi connectivity index (χ3v) is 26.6. The number of hydrogen-bond donors (Lipinski definition) is 1. The van der Waals surface area contributed by atoms with E-state index >= 15 is 0 Å². The van der Waals surface area contributed by atoms with Crippen molar-refractivity contribution in [3.8, 4) is 0 Å². The number of carbonyl (C=O) groups excluding carboxylic acids is 1. The Kier molecular flexibility index (Phi) is 18.2. The van der Waals surface area contributed by atoms with Gasteiger partial charge in [0, 0.05) is 12.5 Å². The van der Waals surface area contributed by atoms with E-state index in [-0.39, 0.29) is 58.8 Å². The summed E-state index contributed by atoms with van der Waals surface area (Å²) in [7, 11) is -6.18. The summed E-state index contributed by atoms with van der Waals surface area (Å²) in [6.45, 7) is 35.2. The standard InChI is InChI=1S/C44H80O7Si3/c1-42(2,3)52(10,11)49-35(28-27-34-23-19-18-20-24-34)29-30-37-36(25-21-16-17-22-26-41(47)48-32-31-40(45)46)38(50-53(12,13)43(4,5)6)33-39(37)51-54(14,15)44(7,8)9/h16,18-21,23-24,35-39H,17,22,25-33H2,1-15H3,(H,45,46)/b21-16-/t35-,36-,37-,38?,39?/m1/s1. The van der Waals surface area contributed by atoms with Gasteiger partial charge in [-0.2, -0.15) is 0 Å². The van der Waals surface area contributed by atoms with Gasteiger partial charge in [0.1, 0.15) is 6.61 Å². The number of benzene rings is 1. The molecular formula is C44H80O7Si3. The van der Waals surface area contributed by atoms with Crippen LogP contribution in [0.1, 0.15) is 126 Å². The van der Waals surface area contributed by atoms with Crippen LogP contribution >= 0.6 is 0 Å². The fraction of sp³-hybridized carbons (Fsp3) is 0.773. The van der Waals surface area contributed by atoms with Gasteiger partial charge in [-0.1, -0.05) is 105 Å². The molecule has 1 saturated carbocycles. The van der Waals surface area contributed by atoms with Crippen LogP contribution in [0.4, 0.5) is 0 Å². The van der Waals surface area contributed by atoms with Crippen LogP contribution in [0.2, 0.25) is 54.4 Å². The summed E-state index contributed by atoms with van der Waals surface area (Å²) >= 11 is 0. The maximum Gasteiger partial charge on any atom is 0.306 e. The molecule has 310 valence electrons. The number of aryl methyl sites for hydroxylation is 1. The Morgan fingerprint density at radius 2 is 1.30 bits per heavy atom. The number of carboxylic acid groups (broad SMARTS) is 1. The molecule has 0 heterocycles. The van der Waals surface area contributed by atoms with Crippen molar-refractivity contribution in [2.75, 3.05) is 6.61 Å². The summed E-state index contributed by atoms with van der Waals surface area (Å²) in [5.74, 6) is -0.649. The fourth-order valence-corrected chi connectivity index (χ4v) is 10.7. The first-order valence-electron chi connectivity index (χ1n) is 20.8. The van der Waals surface area contributed by atoms with Gasteiger partial charge in [0.25, 0.3) is 0 Å². The first kappa shape index (κ1) is 48.6. The van der Waals surface area contributed by atoms with E-state index in [0.717, 1.165) is 44.9 Å². The summed E-state index contributed by atoms with van der Waals surface area (Å²) in [5.41, 5.74) is 1.36. The van der Waals surface area contributed by atoms with Gasteiger partial charge in [0.2, 0.25) is 0 Å². The molecular weight excluding hydrogens is 725 g/mol. The zero-order chi connectivity index (χ0) is 41.2. The topological polar surface area (TPSA) is 91.3 Å². The Labute approximate surface area is 334 Å². The van der Waals surface area contributed by atoms with Crippen LogP contribution in [0.15, 0.2) is 42.5 Å². The van der Waals surface area contributed by atoms with Gasteiger partial charge in [-0.15, -0.1) is 0 Å². The minimum absolute atomic E-state index is 0.0746. The van der Waals surface area contributed by atoms with E-state index in [0.29, 0.717) is 18.3 Å². The second-order valence-corrected chi connectivity index (χ2v) is 34.7. The first-order valence-corrected chi connectivity index (χ1v) is 29.5. The van der Waals surface area contributed by atoms with E-state index in [1.807, 2.05) is 0 Å². The molecule has 0 amide bonds. The molecule has 5 atom stereocenters. The SMILES string of the molecule is CC(C)(C)[Si](C)(C)OC1CC(O[Si](C)(C)C(C)(C)C)[C@H](CC[C@@H](CCc2ccccc2)O[Si](C)(C)C(C)(C)C)[C@H]1C/C=C\CCCC(=O)OCCC(=O)O. The summed E-state index contributed by atoms with van der Waals surface area (Å²) in [5, 5.41) is 9.15. The van der Waals surface area contributed by atoms with Crippen LogP contribution < -0.4 is 0 Å². The highest BCUT2D eigenvalue weighted by Gasteiger charge is 2.51. The lowest BCUT2D eigenvalue weighted by atomic mass is 9.85. The predicted octanol–water partition coefficient (Wildman–Crippen LogP) is 12.3. The summed E-state index contributed by atoms with van der Waals surface area (Å²) in [6, 6.07) is 10.8. The zero-order valence-corrected chi connectivity index (χ0v) is 40.1. The van der Waals surface area contributed by atoms with Crippen LogP contribution in [0.5, 0.6) is 0 Å². The Hall–Kier alpha value is -1.57. The van der Waals surface area contributed by atoms with Gasteiger partial charge in [-0.25, -0.2) is 0 Å². The zero-order valence-electron chi connectivity index (χ0n) is 37.1. The maximum atomic E-state index is 12.1. The Balaban J connectivity index is 2.42. The highest BCUT2D eigenvalue weighted by Crippen LogP contribution is 2.49. The fourth-order valence-electron chi connectivity index (χ4n) is 6.50. The normalized spacial score (nSPS) is 21.1. The Morgan fingerprint density at radius 3 is 1.81 bits per heavy atom. The Morgan fingerprint density at radius 1 is 0.759 bits per heavy atom. The number of carboxylic acids is 1. The number of rotatable bonds is 21. The van der Waals surface area contributed by atoms with Gasteiger partial charge in [0.05, 0.1) is 18.6 Å². The second kappa shape index (κ2) is 20.2. The van der Waals surface area contributed by atoms with Crippen molar-refractivity contribution in [2.24, 2.45) is 11.8 Å². The van der Waals surface area contributed by atoms with Crippen molar-refractivity contribution in [3.63, 3.8) is 0 Å². The first-order chi connectivity index (χ1) is 24.7. The molecule has 1 aromatic rings. The van der Waals surface area contributed by atoms with E-state index in [9.17, 15) is 9.59 Å². The largest absolute Gasteiger partial charge is 0.481 e. The highest BCUT2D eigenvalue weighted by molar-refractivity contribution is 6.75. The van der Waals surface area contributed by atoms with Gasteiger partial charge < -0.3 is 23.1 Å². The predicted molar refractivity (Wildman–Crippen MR) is 233 cm³/mol. The molecule has 0 aliphatic heterocycles. The monoisotopic (exact) mass is 805 g/mol. The lowest BCUT2D eigenvalue weighted by molar-refractivity contribution is -0.146. The molecule has 1 fully saturated rings. The average molecular weight is 805 g/mol. The van der Waals surface area contributed by atoms with E-state index in [4.69, 9.17) is 23.1 Å². The molecule has 7 nitrogen and oxygen atoms in total. The Bertz CT molecular complexity index is 1320. The van der Waals surface area contributed by atoms with Gasteiger partial charge >= 0.3 is 11.9 Å². The molecule has 1 aromatic carbocycles. The molecule has 0 saturated heterocycles. The number of aliphatic carboxylic acids is 1. The molecule has 2 unspecified atom stereocenters. The van der Waals surface area contributed by atoms with Crippen LogP contribution in [0.25, 0.3) is 0 Å². The summed E-state index contributed by atoms with van der Waals surface area (Å²) in [6.07, 6.45) is 12.4. The smallest absolute Gasteiger partial charge is 0.306 e. The van der Waals surface area contributed by atoms with E-state index in [1.165, 1.54) is 5.56 Å². The number of ether oxygens (including phenoxy) is 1. The molecule has 0 bridgehead atoms. The molecule has 0 aromatic heterocycles. The maximum absolute atomic E-state index is 12.1. The molecule has 1 aliphatic carbocycles. The third kappa shape index (κ3) is 15.4. The number of unbranched alkanes of at least 4 members (excludes halogenated alkanes) is 1. The summed E-state index contributed by atoms with van der Waals surface area (Å²) in [4.78, 5) is 22.9. The molecule has 54 heavy (non-hydrogen) atoms. The lowest BCUT2D eigenvalue weighted by Crippen LogP contribution is -2.45. The average Bonchev–Trinajstić information content (AvgIpc) is 3.32. The van der Waals surface area contributed by atoms with Crippen molar-refractivity contribution in [1.29, 1.82) is 0 Å². The van der Waals surface area contributed by atoms with Crippen molar-refractivity contribution < 1.29 is 32.7 Å². The van der Waals surface area contributed by atoms with Crippen LogP contribution in [-0.2, 0) is 34.0 Å². The second-order valence-electron chi connectivity index (χ2n) is 20.5. The van der Waals surface area contributed by atoms with Crippen LogP contribution in [0.3, 0.4) is 0 Å². The van der Waals surface area contributed by atoms with Crippen LogP contribution in [-0.4, -0.2) is 66.9 Å². The summed E-state index contributed by atoms with van der Waals surface area (Å²) < 4.78 is 27.1. The van der Waals surface area contributed by atoms with Gasteiger partial charge in [-0.3, -0.25) is 9.59 Å². The minimum Gasteiger partial charge on any atom is -0.481 e. The van der Waals surface area contributed by atoms with E-state index in [1.54, 1.807) is 0 Å². The quantitative estimate of drug-likeness (QED) is 0.0572. The lowest BCUT2D eigenvalue weighted by Gasteiger charge is -2.41. The van der Waals surface area contributed by atoms with Gasteiger partial charge in [0.15, 0.2) is 25.0 Å². The third-order valence-electron chi connectivity index (χ3n) is 13.1. The van der Waals surface area contributed by atoms with E-state index in [2.05, 4.69) is 144 Å². The molecule has 0 radical (unpaired) electrons. The molecule has 10 heteroatoms. The van der Waals surface area contributed by atoms with Crippen molar-refractivity contribution in [1.82, 2.24) is 0 Å². The molecule has 1 N–H and O–H groups in total. The molecule has 2 rings (SSSR count). The van der Waals surface area contributed by atoms with Gasteiger partial charge in [-0.05, 0) is 123 Å². The number of hydrogen-bond acceptors (Lipinski definition) is 6. The van der Waals surface area contributed by atoms with Crippen molar-refractivity contribution >= 4 is 36.9 Å². The van der Waals surface area contributed by atoms with Crippen molar-refractivity contribution in [3.05, 3.63) is 48.0 Å². The van der Waals surface area contributed by atoms with Crippen LogP contribution in [0, 0.1) is 11.8 Å². The van der Waals surface area contributed by atoms with Crippen molar-refractivity contribution in [2.45, 2.75) is 199 Å². The molecule has 1 aliphatic rings. The van der Waals surface area contributed by atoms with E-state index < -0.39 is 30.9 Å². The highest BCUT2D eigenvalue weighted by atomic mass is 28.4. The molecule has 0 spiro atoms.